The number of benzene rings is 1. The van der Waals surface area contributed by atoms with E-state index in [0.29, 0.717) is 0 Å². The lowest BCUT2D eigenvalue weighted by atomic mass is 10.1. The lowest BCUT2D eigenvalue weighted by Gasteiger charge is -1.98. The second-order valence-corrected chi connectivity index (χ2v) is 3.43. The average Bonchev–Trinajstić information content (AvgIpc) is 1.99. The number of halogens is 1. The van der Waals surface area contributed by atoms with Gasteiger partial charge in [0.1, 0.15) is 0 Å². The van der Waals surface area contributed by atoms with Gasteiger partial charge in [-0.25, -0.2) is 0 Å². The van der Waals surface area contributed by atoms with Crippen molar-refractivity contribution in [1.29, 1.82) is 0 Å². The SMILES string of the molecule is Cc1cc(C)cc(C=CC(=O)Cl)c1. The van der Waals surface area contributed by atoms with Crippen molar-refractivity contribution in [1.82, 2.24) is 0 Å². The molecule has 1 aromatic carbocycles. The Morgan fingerprint density at radius 2 is 1.77 bits per heavy atom. The fourth-order valence-corrected chi connectivity index (χ4v) is 1.33. The van der Waals surface area contributed by atoms with Gasteiger partial charge in [-0.1, -0.05) is 35.4 Å². The van der Waals surface area contributed by atoms with E-state index in [1.54, 1.807) is 6.08 Å². The molecular formula is C11H11ClO. The lowest BCUT2D eigenvalue weighted by molar-refractivity contribution is -0.107. The summed E-state index contributed by atoms with van der Waals surface area (Å²) in [5, 5.41) is -0.445. The highest BCUT2D eigenvalue weighted by molar-refractivity contribution is 6.66. The summed E-state index contributed by atoms with van der Waals surface area (Å²) in [6.45, 7) is 4.04. The van der Waals surface area contributed by atoms with Crippen LogP contribution in [0.2, 0.25) is 0 Å². The molecule has 0 heterocycles. The first-order chi connectivity index (χ1) is 6.08. The third-order valence-electron chi connectivity index (χ3n) is 1.65. The van der Waals surface area contributed by atoms with Crippen LogP contribution in [0.25, 0.3) is 6.08 Å². The fourth-order valence-electron chi connectivity index (χ4n) is 1.27. The topological polar surface area (TPSA) is 17.1 Å². The second-order valence-electron chi connectivity index (χ2n) is 3.06. The van der Waals surface area contributed by atoms with Crippen LogP contribution in [-0.2, 0) is 4.79 Å². The maximum Gasteiger partial charge on any atom is 0.245 e. The molecule has 2 heteroatoms. The van der Waals surface area contributed by atoms with E-state index in [9.17, 15) is 4.79 Å². The minimum Gasteiger partial charge on any atom is -0.276 e. The molecule has 1 rings (SSSR count). The van der Waals surface area contributed by atoms with Crippen LogP contribution in [0.3, 0.4) is 0 Å². The van der Waals surface area contributed by atoms with Gasteiger partial charge in [0.2, 0.25) is 5.24 Å². The van der Waals surface area contributed by atoms with E-state index in [0.717, 1.165) is 5.56 Å². The monoisotopic (exact) mass is 194 g/mol. The van der Waals surface area contributed by atoms with Crippen LogP contribution in [0.5, 0.6) is 0 Å². The molecule has 0 aliphatic carbocycles. The minimum atomic E-state index is -0.445. The summed E-state index contributed by atoms with van der Waals surface area (Å²) in [6.07, 6.45) is 3.07. The highest BCUT2D eigenvalue weighted by Gasteiger charge is 1.92. The van der Waals surface area contributed by atoms with Gasteiger partial charge in [0, 0.05) is 0 Å². The summed E-state index contributed by atoms with van der Waals surface area (Å²) in [6, 6.07) is 6.09. The largest absolute Gasteiger partial charge is 0.276 e. The maximum absolute atomic E-state index is 10.5. The van der Waals surface area contributed by atoms with Crippen LogP contribution >= 0.6 is 11.6 Å². The van der Waals surface area contributed by atoms with Crippen LogP contribution in [0.4, 0.5) is 0 Å². The van der Waals surface area contributed by atoms with Gasteiger partial charge in [-0.2, -0.15) is 0 Å². The van der Waals surface area contributed by atoms with Crippen molar-refractivity contribution >= 4 is 22.9 Å². The summed E-state index contributed by atoms with van der Waals surface area (Å²) >= 11 is 5.18. The summed E-state index contributed by atoms with van der Waals surface area (Å²) in [5.41, 5.74) is 3.37. The molecule has 1 aromatic rings. The standard InChI is InChI=1S/C11H11ClO/c1-8-5-9(2)7-10(6-8)3-4-11(12)13/h3-7H,1-2H3. The first-order valence-electron chi connectivity index (χ1n) is 4.04. The van der Waals surface area contributed by atoms with E-state index in [-0.39, 0.29) is 0 Å². The zero-order valence-corrected chi connectivity index (χ0v) is 8.43. The Bertz CT molecular complexity index is 333. The molecule has 68 valence electrons. The van der Waals surface area contributed by atoms with E-state index in [2.05, 4.69) is 6.07 Å². The van der Waals surface area contributed by atoms with Crippen molar-refractivity contribution in [3.63, 3.8) is 0 Å². The predicted molar refractivity (Wildman–Crippen MR) is 55.8 cm³/mol. The molecule has 0 saturated carbocycles. The van der Waals surface area contributed by atoms with Gasteiger partial charge in [0.05, 0.1) is 0 Å². The molecule has 1 nitrogen and oxygen atoms in total. The Morgan fingerprint density at radius 3 is 2.23 bits per heavy atom. The molecular weight excluding hydrogens is 184 g/mol. The third kappa shape index (κ3) is 3.43. The number of rotatable bonds is 2. The van der Waals surface area contributed by atoms with E-state index >= 15 is 0 Å². The number of carbonyl (C=O) groups is 1. The van der Waals surface area contributed by atoms with Gasteiger partial charge in [-0.05, 0) is 37.1 Å². The van der Waals surface area contributed by atoms with Crippen LogP contribution < -0.4 is 0 Å². The zero-order valence-electron chi connectivity index (χ0n) is 7.67. The number of hydrogen-bond donors (Lipinski definition) is 0. The maximum atomic E-state index is 10.5. The molecule has 0 fully saturated rings. The van der Waals surface area contributed by atoms with E-state index in [1.165, 1.54) is 17.2 Å². The predicted octanol–water partition coefficient (Wildman–Crippen LogP) is 3.08. The first-order valence-corrected chi connectivity index (χ1v) is 4.41. The van der Waals surface area contributed by atoms with Gasteiger partial charge in [-0.15, -0.1) is 0 Å². The van der Waals surface area contributed by atoms with Crippen molar-refractivity contribution in [2.75, 3.05) is 0 Å². The van der Waals surface area contributed by atoms with Gasteiger partial charge in [0.15, 0.2) is 0 Å². The molecule has 0 bridgehead atoms. The molecule has 0 aliphatic rings. The summed E-state index contributed by atoms with van der Waals surface area (Å²) in [7, 11) is 0. The van der Waals surface area contributed by atoms with Crippen LogP contribution in [0, 0.1) is 13.8 Å². The smallest absolute Gasteiger partial charge is 0.245 e. The Morgan fingerprint density at radius 1 is 1.23 bits per heavy atom. The molecule has 13 heavy (non-hydrogen) atoms. The van der Waals surface area contributed by atoms with Crippen LogP contribution in [0.15, 0.2) is 24.3 Å². The van der Waals surface area contributed by atoms with Crippen molar-refractivity contribution in [3.8, 4) is 0 Å². The number of hydrogen-bond acceptors (Lipinski definition) is 1. The van der Waals surface area contributed by atoms with Crippen molar-refractivity contribution in [3.05, 3.63) is 41.0 Å². The first kappa shape index (κ1) is 10.0. The van der Waals surface area contributed by atoms with Crippen molar-refractivity contribution < 1.29 is 4.79 Å². The molecule has 0 radical (unpaired) electrons. The van der Waals surface area contributed by atoms with E-state index < -0.39 is 5.24 Å². The molecule has 0 unspecified atom stereocenters. The summed E-state index contributed by atoms with van der Waals surface area (Å²) in [5.74, 6) is 0. The highest BCUT2D eigenvalue weighted by atomic mass is 35.5. The molecule has 0 spiro atoms. The van der Waals surface area contributed by atoms with E-state index in [1.807, 2.05) is 26.0 Å². The van der Waals surface area contributed by atoms with Gasteiger partial charge < -0.3 is 0 Å². The average molecular weight is 195 g/mol. The number of carbonyl (C=O) groups excluding carboxylic acids is 1. The molecule has 0 aromatic heterocycles. The Balaban J connectivity index is 2.95. The van der Waals surface area contributed by atoms with Gasteiger partial charge in [-0.3, -0.25) is 4.79 Å². The second kappa shape index (κ2) is 4.24. The van der Waals surface area contributed by atoms with Crippen LogP contribution in [0.1, 0.15) is 16.7 Å². The zero-order chi connectivity index (χ0) is 9.84. The lowest BCUT2D eigenvalue weighted by Crippen LogP contribution is -1.81. The van der Waals surface area contributed by atoms with E-state index in [4.69, 9.17) is 11.6 Å². The minimum absolute atomic E-state index is 0.445. The summed E-state index contributed by atoms with van der Waals surface area (Å²) in [4.78, 5) is 10.5. The van der Waals surface area contributed by atoms with Crippen LogP contribution in [-0.4, -0.2) is 5.24 Å². The molecule has 0 aliphatic heterocycles. The molecule has 0 atom stereocenters. The molecule has 0 saturated heterocycles. The van der Waals surface area contributed by atoms with Gasteiger partial charge in [0.25, 0.3) is 0 Å². The Labute approximate surface area is 83.0 Å². The Kier molecular flexibility index (Phi) is 3.26. The third-order valence-corrected chi connectivity index (χ3v) is 1.78. The number of aryl methyl sites for hydroxylation is 2. The quantitative estimate of drug-likeness (QED) is 0.523. The highest BCUT2D eigenvalue weighted by Crippen LogP contribution is 2.10. The van der Waals surface area contributed by atoms with Crippen molar-refractivity contribution in [2.45, 2.75) is 13.8 Å². The van der Waals surface area contributed by atoms with Gasteiger partial charge >= 0.3 is 0 Å². The summed E-state index contributed by atoms with van der Waals surface area (Å²) < 4.78 is 0. The molecule has 0 amide bonds. The molecule has 0 N–H and O–H groups in total. The fraction of sp³-hybridized carbons (Fsp3) is 0.182. The number of allylic oxidation sites excluding steroid dienone is 1. The normalized spacial score (nSPS) is 10.7. The Hall–Kier alpha value is -1.08. The van der Waals surface area contributed by atoms with Crippen molar-refractivity contribution in [2.24, 2.45) is 0 Å².